The fourth-order valence-electron chi connectivity index (χ4n) is 2.17. The lowest BCUT2D eigenvalue weighted by Gasteiger charge is -2.49. The van der Waals surface area contributed by atoms with Crippen molar-refractivity contribution >= 4 is 11.6 Å². The van der Waals surface area contributed by atoms with Gasteiger partial charge in [0.2, 0.25) is 0 Å². The van der Waals surface area contributed by atoms with Crippen molar-refractivity contribution in [1.82, 2.24) is 4.90 Å². The van der Waals surface area contributed by atoms with Gasteiger partial charge in [-0.1, -0.05) is 13.8 Å². The van der Waals surface area contributed by atoms with Crippen molar-refractivity contribution in [1.29, 1.82) is 0 Å². The number of carbonyl (C=O) groups is 1. The van der Waals surface area contributed by atoms with Gasteiger partial charge in [0.15, 0.2) is 0 Å². The minimum absolute atomic E-state index is 0.129. The van der Waals surface area contributed by atoms with Crippen LogP contribution in [-0.4, -0.2) is 41.7 Å². The number of ether oxygens (including phenoxy) is 1. The van der Waals surface area contributed by atoms with Gasteiger partial charge in [0.25, 0.3) is 5.91 Å². The molecule has 1 amide bonds. The predicted octanol–water partition coefficient (Wildman–Crippen LogP) is 1.12. The van der Waals surface area contributed by atoms with Gasteiger partial charge in [-0.05, 0) is 18.1 Å². The first-order chi connectivity index (χ1) is 8.85. The van der Waals surface area contributed by atoms with Crippen LogP contribution in [0.25, 0.3) is 0 Å². The number of β-amino-alcohol motifs (C(OH)–C–C–N with tert-alkyl or cyclic N) is 1. The Bertz CT molecular complexity index is 493. The predicted molar refractivity (Wildman–Crippen MR) is 73.1 cm³/mol. The molecule has 0 unspecified atom stereocenters. The summed E-state index contributed by atoms with van der Waals surface area (Å²) in [4.78, 5) is 13.9. The minimum Gasteiger partial charge on any atom is -0.497 e. The Morgan fingerprint density at radius 1 is 1.42 bits per heavy atom. The molecule has 0 atom stereocenters. The van der Waals surface area contributed by atoms with Crippen LogP contribution < -0.4 is 10.5 Å². The number of benzene rings is 1. The molecule has 5 heteroatoms. The lowest BCUT2D eigenvalue weighted by atomic mass is 9.82. The molecule has 0 spiro atoms. The molecule has 0 radical (unpaired) electrons. The maximum atomic E-state index is 12.3. The first kappa shape index (κ1) is 13.7. The Morgan fingerprint density at radius 2 is 2.05 bits per heavy atom. The number of nitrogen functional groups attached to an aromatic ring is 1. The van der Waals surface area contributed by atoms with Crippen LogP contribution in [0.15, 0.2) is 18.2 Å². The first-order valence-electron chi connectivity index (χ1n) is 6.32. The Balaban J connectivity index is 2.12. The first-order valence-corrected chi connectivity index (χ1v) is 6.32. The Hall–Kier alpha value is -1.75. The van der Waals surface area contributed by atoms with Gasteiger partial charge in [0.1, 0.15) is 11.4 Å². The number of nitrogens with zero attached hydrogens (tertiary/aromatic N) is 1. The van der Waals surface area contributed by atoms with E-state index in [1.54, 1.807) is 23.1 Å². The summed E-state index contributed by atoms with van der Waals surface area (Å²) in [6.45, 7) is 4.62. The van der Waals surface area contributed by atoms with E-state index in [-0.39, 0.29) is 11.8 Å². The molecule has 1 fully saturated rings. The molecule has 1 saturated heterocycles. The van der Waals surface area contributed by atoms with E-state index in [9.17, 15) is 9.90 Å². The van der Waals surface area contributed by atoms with Crippen LogP contribution in [0.2, 0.25) is 0 Å². The number of amides is 1. The van der Waals surface area contributed by atoms with Crippen molar-refractivity contribution in [2.24, 2.45) is 5.92 Å². The third-order valence-electron chi connectivity index (χ3n) is 3.70. The normalized spacial score (nSPS) is 17.2. The summed E-state index contributed by atoms with van der Waals surface area (Å²) in [7, 11) is 1.53. The quantitative estimate of drug-likeness (QED) is 0.802. The number of hydrogen-bond acceptors (Lipinski definition) is 4. The molecule has 0 bridgehead atoms. The zero-order valence-electron chi connectivity index (χ0n) is 11.5. The van der Waals surface area contributed by atoms with Gasteiger partial charge >= 0.3 is 0 Å². The van der Waals surface area contributed by atoms with E-state index in [4.69, 9.17) is 10.5 Å². The highest BCUT2D eigenvalue weighted by Crippen LogP contribution is 2.30. The van der Waals surface area contributed by atoms with Crippen LogP contribution in [0.3, 0.4) is 0 Å². The fraction of sp³-hybridized carbons (Fsp3) is 0.500. The summed E-state index contributed by atoms with van der Waals surface area (Å²) in [5.41, 5.74) is 5.95. The molecule has 1 aromatic carbocycles. The van der Waals surface area contributed by atoms with E-state index in [1.165, 1.54) is 7.11 Å². The van der Waals surface area contributed by atoms with Gasteiger partial charge in [-0.15, -0.1) is 0 Å². The Morgan fingerprint density at radius 3 is 2.58 bits per heavy atom. The van der Waals surface area contributed by atoms with Crippen molar-refractivity contribution < 1.29 is 14.6 Å². The lowest BCUT2D eigenvalue weighted by Crippen LogP contribution is -2.65. The molecule has 1 aliphatic heterocycles. The highest BCUT2D eigenvalue weighted by molar-refractivity contribution is 5.96. The number of aliphatic hydroxyl groups is 1. The highest BCUT2D eigenvalue weighted by atomic mass is 16.5. The monoisotopic (exact) mass is 264 g/mol. The van der Waals surface area contributed by atoms with Crippen molar-refractivity contribution in [2.45, 2.75) is 19.4 Å². The number of carbonyl (C=O) groups excluding carboxylic acids is 1. The van der Waals surface area contributed by atoms with E-state index in [0.717, 1.165) is 0 Å². The number of likely N-dealkylation sites (tertiary alicyclic amines) is 1. The van der Waals surface area contributed by atoms with E-state index in [1.807, 2.05) is 13.8 Å². The van der Waals surface area contributed by atoms with Crippen LogP contribution in [0.4, 0.5) is 5.69 Å². The molecule has 0 aromatic heterocycles. The van der Waals surface area contributed by atoms with E-state index >= 15 is 0 Å². The van der Waals surface area contributed by atoms with Crippen LogP contribution in [0, 0.1) is 5.92 Å². The van der Waals surface area contributed by atoms with Crippen LogP contribution >= 0.6 is 0 Å². The number of methoxy groups -OCH3 is 1. The average molecular weight is 264 g/mol. The standard InChI is InChI=1S/C14H20N2O3/c1-9(2)14(18)7-16(8-14)13(17)10-4-11(15)6-12(5-10)19-3/h4-6,9,18H,7-8,15H2,1-3H3. The van der Waals surface area contributed by atoms with Crippen molar-refractivity contribution in [3.8, 4) is 5.75 Å². The Kier molecular flexibility index (Phi) is 3.41. The maximum Gasteiger partial charge on any atom is 0.254 e. The lowest BCUT2D eigenvalue weighted by molar-refractivity contribution is -0.110. The smallest absolute Gasteiger partial charge is 0.254 e. The molecule has 19 heavy (non-hydrogen) atoms. The molecule has 0 aliphatic carbocycles. The number of rotatable bonds is 3. The van der Waals surface area contributed by atoms with Gasteiger partial charge < -0.3 is 20.5 Å². The number of nitrogens with two attached hydrogens (primary N) is 1. The summed E-state index contributed by atoms with van der Waals surface area (Å²) in [5.74, 6) is 0.561. The maximum absolute atomic E-state index is 12.3. The van der Waals surface area contributed by atoms with Gasteiger partial charge in [-0.25, -0.2) is 0 Å². The van der Waals surface area contributed by atoms with Gasteiger partial charge in [0.05, 0.1) is 20.2 Å². The number of hydrogen-bond donors (Lipinski definition) is 2. The zero-order chi connectivity index (χ0) is 14.2. The summed E-state index contributed by atoms with van der Waals surface area (Å²) < 4.78 is 5.10. The highest BCUT2D eigenvalue weighted by Gasteiger charge is 2.45. The molecular weight excluding hydrogens is 244 g/mol. The number of anilines is 1. The topological polar surface area (TPSA) is 75.8 Å². The van der Waals surface area contributed by atoms with Crippen LogP contribution in [0.5, 0.6) is 5.75 Å². The zero-order valence-corrected chi connectivity index (χ0v) is 11.5. The summed E-state index contributed by atoms with van der Waals surface area (Å²) in [6, 6.07) is 4.94. The Labute approximate surface area is 113 Å². The van der Waals surface area contributed by atoms with Gasteiger partial charge in [-0.2, -0.15) is 0 Å². The van der Waals surface area contributed by atoms with Gasteiger partial charge in [0, 0.05) is 17.3 Å². The average Bonchev–Trinajstić information content (AvgIpc) is 2.32. The largest absolute Gasteiger partial charge is 0.497 e. The minimum atomic E-state index is -0.764. The van der Waals surface area contributed by atoms with Crippen LogP contribution in [0.1, 0.15) is 24.2 Å². The fourth-order valence-corrected chi connectivity index (χ4v) is 2.17. The molecule has 1 aromatic rings. The third kappa shape index (κ3) is 2.51. The van der Waals surface area contributed by atoms with E-state index in [2.05, 4.69) is 0 Å². The van der Waals surface area contributed by atoms with Crippen molar-refractivity contribution in [3.05, 3.63) is 23.8 Å². The molecule has 5 nitrogen and oxygen atoms in total. The summed E-state index contributed by atoms with van der Waals surface area (Å²) >= 11 is 0. The van der Waals surface area contributed by atoms with Gasteiger partial charge in [-0.3, -0.25) is 4.79 Å². The SMILES string of the molecule is COc1cc(N)cc(C(=O)N2CC(O)(C(C)C)C2)c1. The second kappa shape index (κ2) is 4.74. The molecule has 1 aliphatic rings. The summed E-state index contributed by atoms with van der Waals surface area (Å²) in [5, 5.41) is 10.2. The molecule has 1 heterocycles. The third-order valence-corrected chi connectivity index (χ3v) is 3.70. The molecule has 2 rings (SSSR count). The molecular formula is C14H20N2O3. The molecule has 3 N–H and O–H groups in total. The summed E-state index contributed by atoms with van der Waals surface area (Å²) in [6.07, 6.45) is 0. The molecule has 0 saturated carbocycles. The molecule has 104 valence electrons. The van der Waals surface area contributed by atoms with Crippen LogP contribution in [-0.2, 0) is 0 Å². The van der Waals surface area contributed by atoms with E-state index < -0.39 is 5.60 Å². The second-order valence-corrected chi connectivity index (χ2v) is 5.41. The van der Waals surface area contributed by atoms with E-state index in [0.29, 0.717) is 30.1 Å². The van der Waals surface area contributed by atoms with Crippen molar-refractivity contribution in [2.75, 3.05) is 25.9 Å². The second-order valence-electron chi connectivity index (χ2n) is 5.41. The van der Waals surface area contributed by atoms with Crippen molar-refractivity contribution in [3.63, 3.8) is 0 Å².